The predicted molar refractivity (Wildman–Crippen MR) is 122 cm³/mol. The Morgan fingerprint density at radius 1 is 1.09 bits per heavy atom. The van der Waals surface area contributed by atoms with E-state index < -0.39 is 35.6 Å². The maximum absolute atomic E-state index is 11.8. The average molecular weight is 461 g/mol. The van der Waals surface area contributed by atoms with Crippen LogP contribution in [0, 0.1) is 40.4 Å². The number of allylic oxidation sites excluding steroid dienone is 1. The summed E-state index contributed by atoms with van der Waals surface area (Å²) in [5, 5.41) is 43.7. The molecule has 2 heterocycles. The molecule has 4 aliphatic carbocycles. The molecule has 0 aromatic rings. The molecule has 13 atom stereocenters. The van der Waals surface area contributed by atoms with Crippen LogP contribution in [0.25, 0.3) is 0 Å². The van der Waals surface area contributed by atoms with E-state index in [0.29, 0.717) is 25.4 Å². The molecule has 2 saturated heterocycles. The van der Waals surface area contributed by atoms with Gasteiger partial charge in [0.25, 0.3) is 0 Å². The summed E-state index contributed by atoms with van der Waals surface area (Å²) < 4.78 is 13.0. The van der Waals surface area contributed by atoms with Gasteiger partial charge in [0, 0.05) is 29.1 Å². The van der Waals surface area contributed by atoms with Crippen LogP contribution in [-0.4, -0.2) is 63.3 Å². The SMILES string of the molecule is C=C1CCC2(OC1)OC1CC3C4CC=C5CC(O)C(O)C(O)C5(C)C4CC(O)C3(C)C1C2C. The molecule has 4 N–H and O–H groups in total. The van der Waals surface area contributed by atoms with Gasteiger partial charge >= 0.3 is 0 Å². The summed E-state index contributed by atoms with van der Waals surface area (Å²) in [4.78, 5) is 0. The fourth-order valence-corrected chi connectivity index (χ4v) is 9.52. The molecule has 1 spiro atoms. The molecule has 6 nitrogen and oxygen atoms in total. The second kappa shape index (κ2) is 7.14. The average Bonchev–Trinajstić information content (AvgIpc) is 3.23. The highest BCUT2D eigenvalue weighted by Gasteiger charge is 2.71. The number of aliphatic hydroxyl groups is 4. The second-order valence-electron chi connectivity index (χ2n) is 12.5. The molecule has 6 aliphatic rings. The van der Waals surface area contributed by atoms with Gasteiger partial charge in [-0.05, 0) is 49.9 Å². The van der Waals surface area contributed by atoms with E-state index in [1.807, 2.05) is 6.92 Å². The Hall–Kier alpha value is -0.760. The minimum atomic E-state index is -1.15. The zero-order chi connectivity index (χ0) is 23.5. The van der Waals surface area contributed by atoms with Gasteiger partial charge in [-0.3, -0.25) is 0 Å². The van der Waals surface area contributed by atoms with E-state index in [9.17, 15) is 20.4 Å². The topological polar surface area (TPSA) is 99.4 Å². The van der Waals surface area contributed by atoms with Crippen molar-refractivity contribution in [3.05, 3.63) is 23.8 Å². The molecule has 0 bridgehead atoms. The lowest BCUT2D eigenvalue weighted by Crippen LogP contribution is -2.63. The maximum atomic E-state index is 11.8. The van der Waals surface area contributed by atoms with Crippen molar-refractivity contribution in [3.8, 4) is 0 Å². The molecular weight excluding hydrogens is 420 g/mol. The van der Waals surface area contributed by atoms with Gasteiger partial charge in [-0.2, -0.15) is 0 Å². The molecule has 5 fully saturated rings. The number of hydrogen-bond donors (Lipinski definition) is 4. The number of ether oxygens (including phenoxy) is 2. The first-order valence-electron chi connectivity index (χ1n) is 12.9. The van der Waals surface area contributed by atoms with Crippen LogP contribution in [0.3, 0.4) is 0 Å². The van der Waals surface area contributed by atoms with Crippen LogP contribution in [0.4, 0.5) is 0 Å². The Kier molecular flexibility index (Phi) is 4.91. The molecule has 6 heteroatoms. The standard InChI is InChI=1S/C27H40O6/c1-13-7-8-27(32-12-13)14(2)22-20(33-27)10-17-16-6-5-15-9-19(28)23(30)24(31)25(15,3)18(16)11-21(29)26(17,22)4/h5,14,16-24,28-31H,1,6-12H2,2-4H3. The van der Waals surface area contributed by atoms with Gasteiger partial charge in [0.05, 0.1) is 31.0 Å². The van der Waals surface area contributed by atoms with Gasteiger partial charge in [0.1, 0.15) is 6.10 Å². The van der Waals surface area contributed by atoms with Gasteiger partial charge in [-0.15, -0.1) is 0 Å². The summed E-state index contributed by atoms with van der Waals surface area (Å²) in [6, 6.07) is 0. The summed E-state index contributed by atoms with van der Waals surface area (Å²) in [5.41, 5.74) is 1.27. The molecule has 0 amide bonds. The van der Waals surface area contributed by atoms with Crippen LogP contribution < -0.4 is 0 Å². The summed E-state index contributed by atoms with van der Waals surface area (Å²) >= 11 is 0. The zero-order valence-electron chi connectivity index (χ0n) is 20.1. The lowest BCUT2D eigenvalue weighted by molar-refractivity contribution is -0.257. The van der Waals surface area contributed by atoms with Crippen molar-refractivity contribution in [2.24, 2.45) is 40.4 Å². The third-order valence-corrected chi connectivity index (χ3v) is 11.4. The Balaban J connectivity index is 1.34. The Labute approximate surface area is 196 Å². The number of aliphatic hydroxyl groups excluding tert-OH is 4. The third-order valence-electron chi connectivity index (χ3n) is 11.4. The van der Waals surface area contributed by atoms with Crippen LogP contribution in [0.2, 0.25) is 0 Å². The Bertz CT molecular complexity index is 874. The molecule has 3 saturated carbocycles. The van der Waals surface area contributed by atoms with E-state index in [-0.39, 0.29) is 35.2 Å². The summed E-state index contributed by atoms with van der Waals surface area (Å²) in [5.74, 6) is 0.525. The highest BCUT2D eigenvalue weighted by Crippen LogP contribution is 2.70. The largest absolute Gasteiger partial charge is 0.393 e. The van der Waals surface area contributed by atoms with Gasteiger partial charge in [0.2, 0.25) is 0 Å². The summed E-state index contributed by atoms with van der Waals surface area (Å²) in [6.07, 6.45) is 3.21. The van der Waals surface area contributed by atoms with Gasteiger partial charge < -0.3 is 29.9 Å². The first kappa shape index (κ1) is 22.7. The maximum Gasteiger partial charge on any atom is 0.172 e. The third kappa shape index (κ3) is 2.71. The van der Waals surface area contributed by atoms with Crippen LogP contribution in [0.15, 0.2) is 23.8 Å². The molecular formula is C27H40O6. The van der Waals surface area contributed by atoms with Crippen molar-refractivity contribution in [2.75, 3.05) is 6.61 Å². The van der Waals surface area contributed by atoms with E-state index >= 15 is 0 Å². The van der Waals surface area contributed by atoms with Gasteiger partial charge in [0.15, 0.2) is 5.79 Å². The quantitative estimate of drug-likeness (QED) is 0.415. The van der Waals surface area contributed by atoms with Crippen molar-refractivity contribution < 1.29 is 29.9 Å². The first-order valence-corrected chi connectivity index (χ1v) is 12.9. The number of fused-ring (bicyclic) bond motifs is 7. The van der Waals surface area contributed by atoms with E-state index in [1.54, 1.807) is 0 Å². The monoisotopic (exact) mass is 460 g/mol. The Morgan fingerprint density at radius 2 is 1.85 bits per heavy atom. The molecule has 13 unspecified atom stereocenters. The molecule has 2 aliphatic heterocycles. The highest BCUT2D eigenvalue weighted by molar-refractivity contribution is 5.30. The number of rotatable bonds is 0. The highest BCUT2D eigenvalue weighted by atomic mass is 16.7. The first-order chi connectivity index (χ1) is 15.5. The van der Waals surface area contributed by atoms with Crippen molar-refractivity contribution in [2.45, 2.75) is 95.6 Å². The molecule has 184 valence electrons. The second-order valence-corrected chi connectivity index (χ2v) is 12.5. The summed E-state index contributed by atoms with van der Waals surface area (Å²) in [6.45, 7) is 11.2. The normalized spacial score (nSPS) is 60.1. The van der Waals surface area contributed by atoms with E-state index in [1.165, 1.54) is 0 Å². The van der Waals surface area contributed by atoms with E-state index in [0.717, 1.165) is 36.8 Å². The van der Waals surface area contributed by atoms with E-state index in [2.05, 4.69) is 26.5 Å². The van der Waals surface area contributed by atoms with Gasteiger partial charge in [-0.1, -0.05) is 44.6 Å². The van der Waals surface area contributed by atoms with E-state index in [4.69, 9.17) is 9.47 Å². The van der Waals surface area contributed by atoms with Crippen LogP contribution in [-0.2, 0) is 9.47 Å². The Morgan fingerprint density at radius 3 is 2.55 bits per heavy atom. The van der Waals surface area contributed by atoms with Crippen LogP contribution in [0.5, 0.6) is 0 Å². The fraction of sp³-hybridized carbons (Fsp3) is 0.852. The predicted octanol–water partition coefficient (Wildman–Crippen LogP) is 2.55. The lowest BCUT2D eigenvalue weighted by atomic mass is 9.45. The van der Waals surface area contributed by atoms with Crippen LogP contribution >= 0.6 is 0 Å². The minimum Gasteiger partial charge on any atom is -0.393 e. The molecule has 0 aromatic heterocycles. The molecule has 6 rings (SSSR count). The lowest BCUT2D eigenvalue weighted by Gasteiger charge is -2.61. The fourth-order valence-electron chi connectivity index (χ4n) is 9.52. The molecule has 0 radical (unpaired) electrons. The number of hydrogen-bond acceptors (Lipinski definition) is 6. The van der Waals surface area contributed by atoms with Gasteiger partial charge in [-0.25, -0.2) is 0 Å². The van der Waals surface area contributed by atoms with Crippen molar-refractivity contribution in [1.82, 2.24) is 0 Å². The molecule has 0 aromatic carbocycles. The summed E-state index contributed by atoms with van der Waals surface area (Å²) in [7, 11) is 0. The van der Waals surface area contributed by atoms with Crippen molar-refractivity contribution in [1.29, 1.82) is 0 Å². The van der Waals surface area contributed by atoms with Crippen LogP contribution in [0.1, 0.15) is 59.3 Å². The van der Waals surface area contributed by atoms with Crippen molar-refractivity contribution in [3.63, 3.8) is 0 Å². The zero-order valence-corrected chi connectivity index (χ0v) is 20.1. The molecule has 33 heavy (non-hydrogen) atoms. The van der Waals surface area contributed by atoms with Crippen molar-refractivity contribution >= 4 is 0 Å². The minimum absolute atomic E-state index is 0.0663. The smallest absolute Gasteiger partial charge is 0.172 e.